The molecule has 1 aromatic heterocycles. The zero-order valence-corrected chi connectivity index (χ0v) is 14.3. The topological polar surface area (TPSA) is 32.9 Å². The summed E-state index contributed by atoms with van der Waals surface area (Å²) in [5.41, 5.74) is 1.21. The van der Waals surface area contributed by atoms with Crippen molar-refractivity contribution in [3.8, 4) is 0 Å². The minimum Gasteiger partial charge on any atom is -0.307 e. The molecule has 5 atom stereocenters. The highest BCUT2D eigenvalue weighted by atomic mass is 35.5. The number of hydrogen-bond donors (Lipinski definition) is 1. The molecule has 0 unspecified atom stereocenters. The molecule has 0 amide bonds. The zero-order chi connectivity index (χ0) is 14.8. The molecule has 5 rings (SSSR count). The summed E-state index contributed by atoms with van der Waals surface area (Å²) in [6, 6.07) is 8.19. The van der Waals surface area contributed by atoms with Crippen LogP contribution in [0.1, 0.15) is 35.6 Å². The van der Waals surface area contributed by atoms with Gasteiger partial charge in [-0.1, -0.05) is 41.1 Å². The number of thiazole rings is 1. The van der Waals surface area contributed by atoms with E-state index in [2.05, 4.69) is 17.1 Å². The second-order valence-corrected chi connectivity index (χ2v) is 9.31. The van der Waals surface area contributed by atoms with Gasteiger partial charge in [0.05, 0.1) is 5.03 Å². The summed E-state index contributed by atoms with van der Waals surface area (Å²) in [4.78, 5) is 16.3. The van der Waals surface area contributed by atoms with E-state index in [9.17, 15) is 4.79 Å². The highest BCUT2D eigenvalue weighted by molar-refractivity contribution is 8.00. The monoisotopic (exact) mass is 349 g/mol. The maximum Gasteiger partial charge on any atom is 0.305 e. The van der Waals surface area contributed by atoms with Gasteiger partial charge in [0.2, 0.25) is 0 Å². The Kier molecular flexibility index (Phi) is 3.05. The molecule has 1 aliphatic heterocycles. The third kappa shape index (κ3) is 1.84. The maximum absolute atomic E-state index is 11.9. The lowest BCUT2D eigenvalue weighted by atomic mass is 9.75. The molecule has 3 aliphatic rings. The van der Waals surface area contributed by atoms with Gasteiger partial charge >= 0.3 is 4.87 Å². The highest BCUT2D eigenvalue weighted by Crippen LogP contribution is 2.64. The number of halogens is 1. The molecule has 2 bridgehead atoms. The molecule has 0 saturated heterocycles. The van der Waals surface area contributed by atoms with Gasteiger partial charge in [-0.2, -0.15) is 0 Å². The van der Waals surface area contributed by atoms with Crippen molar-refractivity contribution in [1.29, 1.82) is 0 Å². The van der Waals surface area contributed by atoms with Gasteiger partial charge in [0.25, 0.3) is 0 Å². The van der Waals surface area contributed by atoms with E-state index >= 15 is 0 Å². The summed E-state index contributed by atoms with van der Waals surface area (Å²) in [5, 5.41) is 2.60. The van der Waals surface area contributed by atoms with Crippen LogP contribution >= 0.6 is 34.7 Å². The minimum atomic E-state index is 0.0712. The fourth-order valence-corrected chi connectivity index (χ4v) is 8.06. The van der Waals surface area contributed by atoms with Crippen LogP contribution in [0.25, 0.3) is 0 Å². The van der Waals surface area contributed by atoms with Crippen LogP contribution in [0.15, 0.2) is 34.1 Å². The van der Waals surface area contributed by atoms with E-state index in [0.29, 0.717) is 17.1 Å². The largest absolute Gasteiger partial charge is 0.307 e. The highest BCUT2D eigenvalue weighted by Gasteiger charge is 2.54. The fourth-order valence-electron chi connectivity index (χ4n) is 4.92. The number of H-pyrrole nitrogens is 1. The van der Waals surface area contributed by atoms with Crippen molar-refractivity contribution in [2.24, 2.45) is 17.8 Å². The first kappa shape index (κ1) is 13.7. The summed E-state index contributed by atoms with van der Waals surface area (Å²) in [6.45, 7) is 0. The second kappa shape index (κ2) is 4.89. The normalized spacial score (nSPS) is 35.4. The van der Waals surface area contributed by atoms with Gasteiger partial charge in [0, 0.05) is 21.1 Å². The molecule has 0 radical (unpaired) electrons. The van der Waals surface area contributed by atoms with Gasteiger partial charge in [-0.3, -0.25) is 4.79 Å². The Hall–Kier alpha value is -0.710. The minimum absolute atomic E-state index is 0.0712. The van der Waals surface area contributed by atoms with Crippen LogP contribution in [0.3, 0.4) is 0 Å². The molecule has 5 heteroatoms. The van der Waals surface area contributed by atoms with Crippen LogP contribution < -0.4 is 4.87 Å². The van der Waals surface area contributed by atoms with Gasteiger partial charge in [-0.15, -0.1) is 11.8 Å². The Morgan fingerprint density at radius 2 is 2.00 bits per heavy atom. The first-order valence-corrected chi connectivity index (χ1v) is 9.94. The molecule has 2 fully saturated rings. The molecule has 22 heavy (non-hydrogen) atoms. The number of benzene rings is 1. The van der Waals surface area contributed by atoms with Crippen molar-refractivity contribution in [2.45, 2.75) is 35.5 Å². The Morgan fingerprint density at radius 3 is 2.86 bits per heavy atom. The standard InChI is InChI=1S/C17H16ClNOS2/c18-11-4-2-1-3-10(11)13-12-8-5-6-9(7-8)14(12)21-16-15(13)22-17(20)19-16/h1-4,8-9,12-14H,5-7H2,(H,19,20)/t8-,9-,12+,13+,14-/m0/s1. The van der Waals surface area contributed by atoms with E-state index in [4.69, 9.17) is 11.6 Å². The second-order valence-electron chi connectivity index (χ2n) is 6.70. The number of hydrogen-bond acceptors (Lipinski definition) is 3. The molecular weight excluding hydrogens is 334 g/mol. The quantitative estimate of drug-likeness (QED) is 0.806. The number of rotatable bonds is 1. The van der Waals surface area contributed by atoms with Gasteiger partial charge in [-0.25, -0.2) is 0 Å². The molecule has 1 aromatic carbocycles. The summed E-state index contributed by atoms with van der Waals surface area (Å²) in [6.07, 6.45) is 4.07. The lowest BCUT2D eigenvalue weighted by molar-refractivity contribution is 0.307. The van der Waals surface area contributed by atoms with Crippen LogP contribution in [-0.2, 0) is 0 Å². The Morgan fingerprint density at radius 1 is 1.18 bits per heavy atom. The lowest BCUT2D eigenvalue weighted by Crippen LogP contribution is -2.33. The summed E-state index contributed by atoms with van der Waals surface area (Å²) < 4.78 is 0. The average molecular weight is 350 g/mol. The first-order chi connectivity index (χ1) is 10.7. The van der Waals surface area contributed by atoms with Crippen LogP contribution in [0.4, 0.5) is 0 Å². The molecule has 2 heterocycles. The third-order valence-electron chi connectivity index (χ3n) is 5.71. The molecule has 1 N–H and O–H groups in total. The number of nitrogens with one attached hydrogen (secondary N) is 1. The number of aromatic amines is 1. The van der Waals surface area contributed by atoms with E-state index in [1.54, 1.807) is 0 Å². The molecule has 2 aliphatic carbocycles. The van der Waals surface area contributed by atoms with Crippen molar-refractivity contribution in [3.05, 3.63) is 49.4 Å². The summed E-state index contributed by atoms with van der Waals surface area (Å²) in [5.74, 6) is 2.56. The van der Waals surface area contributed by atoms with Crippen molar-refractivity contribution >= 4 is 34.7 Å². The Bertz CT molecular complexity index is 798. The van der Waals surface area contributed by atoms with Crippen LogP contribution in [0.2, 0.25) is 5.02 Å². The Balaban J connectivity index is 1.72. The smallest absolute Gasteiger partial charge is 0.305 e. The van der Waals surface area contributed by atoms with E-state index in [0.717, 1.165) is 21.9 Å². The SMILES string of the molecule is O=c1[nH]c2c(s1)[C@H](c1ccccc1Cl)[C@H]1[C@H]3CC[C@@H](C3)[C@@H]1S2. The maximum atomic E-state index is 11.9. The van der Waals surface area contributed by atoms with Gasteiger partial charge in [0.15, 0.2) is 0 Å². The molecule has 114 valence electrons. The average Bonchev–Trinajstić information content (AvgIpc) is 3.19. The number of thioether (sulfide) groups is 1. The van der Waals surface area contributed by atoms with Gasteiger partial charge < -0.3 is 4.98 Å². The number of fused-ring (bicyclic) bond motifs is 6. The van der Waals surface area contributed by atoms with Crippen molar-refractivity contribution in [3.63, 3.8) is 0 Å². The zero-order valence-electron chi connectivity index (χ0n) is 11.9. The Labute approximate surface area is 142 Å². The van der Waals surface area contributed by atoms with Crippen molar-refractivity contribution in [2.75, 3.05) is 0 Å². The predicted molar refractivity (Wildman–Crippen MR) is 92.2 cm³/mol. The van der Waals surface area contributed by atoms with Crippen LogP contribution in [-0.4, -0.2) is 10.2 Å². The van der Waals surface area contributed by atoms with Gasteiger partial charge in [-0.05, 0) is 48.6 Å². The summed E-state index contributed by atoms with van der Waals surface area (Å²) >= 11 is 9.85. The van der Waals surface area contributed by atoms with Crippen LogP contribution in [0, 0.1) is 17.8 Å². The van der Waals surface area contributed by atoms with E-state index in [1.165, 1.54) is 41.0 Å². The molecule has 2 nitrogen and oxygen atoms in total. The first-order valence-electron chi connectivity index (χ1n) is 7.86. The van der Waals surface area contributed by atoms with E-state index in [1.807, 2.05) is 23.9 Å². The van der Waals surface area contributed by atoms with E-state index < -0.39 is 0 Å². The van der Waals surface area contributed by atoms with Crippen molar-refractivity contribution in [1.82, 2.24) is 4.98 Å². The van der Waals surface area contributed by atoms with Crippen molar-refractivity contribution < 1.29 is 0 Å². The van der Waals surface area contributed by atoms with Crippen LogP contribution in [0.5, 0.6) is 0 Å². The summed E-state index contributed by atoms with van der Waals surface area (Å²) in [7, 11) is 0. The molecule has 2 saturated carbocycles. The predicted octanol–water partition coefficient (Wildman–Crippen LogP) is 4.74. The fraction of sp³-hybridized carbons (Fsp3) is 0.471. The third-order valence-corrected chi connectivity index (χ3v) is 8.67. The molecule has 2 aromatic rings. The lowest BCUT2D eigenvalue weighted by Gasteiger charge is -2.40. The molecule has 0 spiro atoms. The van der Waals surface area contributed by atoms with Gasteiger partial charge in [0.1, 0.15) is 0 Å². The molecular formula is C17H16ClNOS2. The van der Waals surface area contributed by atoms with E-state index in [-0.39, 0.29) is 4.87 Å². The number of aromatic nitrogens is 1.